The molecule has 1 atom stereocenters. The van der Waals surface area contributed by atoms with E-state index >= 15 is 0 Å². The van der Waals surface area contributed by atoms with Crippen molar-refractivity contribution >= 4 is 6.03 Å². The minimum atomic E-state index is -1.00. The molecule has 0 fully saturated rings. The molecule has 2 aromatic rings. The fourth-order valence-corrected chi connectivity index (χ4v) is 1.52. The van der Waals surface area contributed by atoms with Crippen LogP contribution in [0.25, 0.3) is 0 Å². The second-order valence-electron chi connectivity index (χ2n) is 4.31. The summed E-state index contributed by atoms with van der Waals surface area (Å²) in [4.78, 5) is 10.7. The van der Waals surface area contributed by atoms with Crippen molar-refractivity contribution < 1.29 is 23.5 Å². The third-order valence-corrected chi connectivity index (χ3v) is 2.59. The summed E-state index contributed by atoms with van der Waals surface area (Å²) >= 11 is 0. The van der Waals surface area contributed by atoms with Crippen LogP contribution in [-0.4, -0.2) is 22.3 Å². The van der Waals surface area contributed by atoms with E-state index in [0.717, 1.165) is 0 Å². The molecule has 0 spiro atoms. The maximum Gasteiger partial charge on any atom is 0.339 e. The Labute approximate surface area is 125 Å². The van der Waals surface area contributed by atoms with Gasteiger partial charge < -0.3 is 14.9 Å². The van der Waals surface area contributed by atoms with Gasteiger partial charge in [0, 0.05) is 12.1 Å². The summed E-state index contributed by atoms with van der Waals surface area (Å²) in [5.74, 6) is 5.46. The Bertz CT molecular complexity index is 732. The number of ether oxygens (including phenoxy) is 1. The molecule has 3 N–H and O–H groups in total. The van der Waals surface area contributed by atoms with Gasteiger partial charge in [0.05, 0.1) is 0 Å². The van der Waals surface area contributed by atoms with Crippen LogP contribution >= 0.6 is 0 Å². The van der Waals surface area contributed by atoms with Crippen LogP contribution in [0.2, 0.25) is 0 Å². The van der Waals surface area contributed by atoms with Crippen molar-refractivity contribution in [2.75, 3.05) is 0 Å². The molecule has 0 saturated heterocycles. The zero-order valence-electron chi connectivity index (χ0n) is 11.6. The number of halogens is 1. The van der Waals surface area contributed by atoms with Crippen LogP contribution in [-0.2, 0) is 0 Å². The normalized spacial score (nSPS) is 11.2. The van der Waals surface area contributed by atoms with Gasteiger partial charge in [-0.15, -0.1) is 0 Å². The van der Waals surface area contributed by atoms with Gasteiger partial charge in [-0.05, 0) is 31.0 Å². The summed E-state index contributed by atoms with van der Waals surface area (Å²) in [6.45, 7) is 1.49. The number of rotatable bonds is 3. The average molecular weight is 304 g/mol. The van der Waals surface area contributed by atoms with Crippen molar-refractivity contribution in [1.29, 1.82) is 0 Å². The number of carbonyl (C=O) groups excluding carboxylic acids is 1. The summed E-state index contributed by atoms with van der Waals surface area (Å²) in [6, 6.07) is 6.86. The van der Waals surface area contributed by atoms with Crippen LogP contribution in [0.4, 0.5) is 9.18 Å². The van der Waals surface area contributed by atoms with Crippen LogP contribution in [0.15, 0.2) is 40.8 Å². The summed E-state index contributed by atoms with van der Waals surface area (Å²) in [6.07, 6.45) is 0. The van der Waals surface area contributed by atoms with Gasteiger partial charge in [0.15, 0.2) is 5.76 Å². The third kappa shape index (κ3) is 4.01. The second-order valence-corrected chi connectivity index (χ2v) is 4.31. The maximum atomic E-state index is 13.0. The number of benzene rings is 1. The molecule has 7 heteroatoms. The van der Waals surface area contributed by atoms with Gasteiger partial charge in [-0.2, -0.15) is 5.06 Å². The zero-order chi connectivity index (χ0) is 16.1. The highest BCUT2D eigenvalue weighted by Gasteiger charge is 2.12. The first-order valence-electron chi connectivity index (χ1n) is 6.28. The lowest BCUT2D eigenvalue weighted by atomic mass is 10.3. The molecule has 22 heavy (non-hydrogen) atoms. The van der Waals surface area contributed by atoms with Gasteiger partial charge in [-0.3, -0.25) is 5.21 Å². The fourth-order valence-electron chi connectivity index (χ4n) is 1.52. The molecule has 1 aromatic carbocycles. The highest BCUT2D eigenvalue weighted by atomic mass is 19.1. The molecule has 114 valence electrons. The van der Waals surface area contributed by atoms with E-state index in [1.54, 1.807) is 12.1 Å². The molecule has 2 amide bonds. The third-order valence-electron chi connectivity index (χ3n) is 2.59. The monoisotopic (exact) mass is 304 g/mol. The van der Waals surface area contributed by atoms with E-state index in [0.29, 0.717) is 5.06 Å². The fraction of sp³-hybridized carbons (Fsp3) is 0.133. The van der Waals surface area contributed by atoms with Crippen LogP contribution in [0.5, 0.6) is 11.7 Å². The first-order valence-corrected chi connectivity index (χ1v) is 6.28. The molecule has 2 rings (SSSR count). The number of hydrogen-bond acceptors (Lipinski definition) is 4. The Balaban J connectivity index is 2.05. The number of urea groups is 1. The van der Waals surface area contributed by atoms with E-state index in [1.807, 2.05) is 0 Å². The molecule has 1 unspecified atom stereocenters. The summed E-state index contributed by atoms with van der Waals surface area (Å²) in [7, 11) is 0. The maximum absolute atomic E-state index is 13.0. The molecule has 0 saturated carbocycles. The molecule has 0 bridgehead atoms. The molecule has 0 aliphatic heterocycles. The Morgan fingerprint density at radius 3 is 2.91 bits per heavy atom. The topological polar surface area (TPSA) is 88.9 Å². The molecular weight excluding hydrogens is 291 g/mol. The molecule has 0 aliphatic carbocycles. The smallest absolute Gasteiger partial charge is 0.339 e. The lowest BCUT2D eigenvalue weighted by Crippen LogP contribution is -2.38. The molecule has 1 heterocycles. The average Bonchev–Trinajstić information content (AvgIpc) is 2.91. The largest absolute Gasteiger partial charge is 0.426 e. The van der Waals surface area contributed by atoms with Gasteiger partial charge in [-0.1, -0.05) is 12.0 Å². The van der Waals surface area contributed by atoms with Crippen LogP contribution < -0.4 is 10.5 Å². The number of hydrogen-bond donors (Lipinski definition) is 2. The minimum absolute atomic E-state index is 0.137. The quantitative estimate of drug-likeness (QED) is 0.518. The van der Waals surface area contributed by atoms with Crippen molar-refractivity contribution in [3.63, 3.8) is 0 Å². The highest BCUT2D eigenvalue weighted by molar-refractivity contribution is 5.71. The number of amides is 2. The van der Waals surface area contributed by atoms with E-state index in [9.17, 15) is 14.4 Å². The van der Waals surface area contributed by atoms with Gasteiger partial charge in [0.25, 0.3) is 5.95 Å². The van der Waals surface area contributed by atoms with Gasteiger partial charge in [0.1, 0.15) is 17.6 Å². The number of nitrogens with two attached hydrogens (primary N) is 1. The molecule has 6 nitrogen and oxygen atoms in total. The van der Waals surface area contributed by atoms with Gasteiger partial charge >= 0.3 is 6.03 Å². The predicted octanol–water partition coefficient (Wildman–Crippen LogP) is 2.72. The van der Waals surface area contributed by atoms with Crippen molar-refractivity contribution in [2.45, 2.75) is 13.0 Å². The van der Waals surface area contributed by atoms with Crippen molar-refractivity contribution in [1.82, 2.24) is 5.06 Å². The summed E-state index contributed by atoms with van der Waals surface area (Å²) in [5, 5.41) is 9.57. The minimum Gasteiger partial charge on any atom is -0.426 e. The molecule has 1 aromatic heterocycles. The first-order chi connectivity index (χ1) is 10.5. The van der Waals surface area contributed by atoms with E-state index < -0.39 is 17.9 Å². The van der Waals surface area contributed by atoms with Crippen molar-refractivity contribution in [3.8, 4) is 23.5 Å². The van der Waals surface area contributed by atoms with Crippen LogP contribution in [0.1, 0.15) is 12.7 Å². The van der Waals surface area contributed by atoms with Gasteiger partial charge in [0.2, 0.25) is 0 Å². The number of nitrogens with zero attached hydrogens (tertiary/aromatic N) is 1. The zero-order valence-corrected chi connectivity index (χ0v) is 11.6. The molecular formula is C15H13FN2O4. The standard InChI is InChI=1S/C15H13FN2O4/c1-10(18(20)15(17)19)5-6-12-7-8-14(21-12)22-13-4-2-3-11(16)9-13/h2-4,7-10,20H,1H3,(H2,17,19). The van der Waals surface area contributed by atoms with E-state index in [-0.39, 0.29) is 17.5 Å². The predicted molar refractivity (Wildman–Crippen MR) is 74.7 cm³/mol. The Kier molecular flexibility index (Phi) is 4.66. The Morgan fingerprint density at radius 1 is 1.45 bits per heavy atom. The molecule has 0 radical (unpaired) electrons. The number of primary amides is 1. The van der Waals surface area contributed by atoms with E-state index in [1.165, 1.54) is 31.2 Å². The summed E-state index contributed by atoms with van der Waals surface area (Å²) < 4.78 is 23.6. The SMILES string of the molecule is CC(C#Cc1ccc(Oc2cccc(F)c2)o1)N(O)C(N)=O. The Morgan fingerprint density at radius 2 is 2.23 bits per heavy atom. The molecule has 0 aliphatic rings. The van der Waals surface area contributed by atoms with Crippen LogP contribution in [0, 0.1) is 17.7 Å². The van der Waals surface area contributed by atoms with E-state index in [4.69, 9.17) is 14.9 Å². The second kappa shape index (κ2) is 6.65. The highest BCUT2D eigenvalue weighted by Crippen LogP contribution is 2.23. The first kappa shape index (κ1) is 15.4. The van der Waals surface area contributed by atoms with E-state index in [2.05, 4.69) is 11.8 Å². The Hall–Kier alpha value is -2.98. The summed E-state index contributed by atoms with van der Waals surface area (Å²) in [5.41, 5.74) is 4.90. The van der Waals surface area contributed by atoms with Crippen molar-refractivity contribution in [3.05, 3.63) is 48.0 Å². The van der Waals surface area contributed by atoms with Crippen LogP contribution in [0.3, 0.4) is 0 Å². The lowest BCUT2D eigenvalue weighted by molar-refractivity contribution is -0.0536. The number of carbonyl (C=O) groups is 1. The van der Waals surface area contributed by atoms with Gasteiger partial charge in [-0.25, -0.2) is 9.18 Å². The van der Waals surface area contributed by atoms with Crippen molar-refractivity contribution in [2.24, 2.45) is 5.73 Å². The number of hydroxylamine groups is 2. The number of furan rings is 1. The lowest BCUT2D eigenvalue weighted by Gasteiger charge is -2.14.